The van der Waals surface area contributed by atoms with Gasteiger partial charge in [0.1, 0.15) is 0 Å². The molecule has 6 heteroatoms. The van der Waals surface area contributed by atoms with Gasteiger partial charge in [-0.05, 0) is 25.2 Å². The third kappa shape index (κ3) is 4.52. The zero-order valence-corrected chi connectivity index (χ0v) is 14.0. The molecule has 0 spiro atoms. The number of nitrogens with zero attached hydrogens (tertiary/aromatic N) is 2. The number of thioether (sulfide) groups is 1. The fourth-order valence-corrected chi connectivity index (χ4v) is 3.91. The van der Waals surface area contributed by atoms with Crippen molar-refractivity contribution in [2.24, 2.45) is 5.73 Å². The van der Waals surface area contributed by atoms with Crippen molar-refractivity contribution in [3.8, 4) is 0 Å². The molecule has 1 fully saturated rings. The van der Waals surface area contributed by atoms with Crippen molar-refractivity contribution in [2.45, 2.75) is 10.9 Å². The van der Waals surface area contributed by atoms with E-state index in [9.17, 15) is 0 Å². The van der Waals surface area contributed by atoms with E-state index in [0.29, 0.717) is 12.6 Å². The Morgan fingerprint density at radius 1 is 1.35 bits per heavy atom. The summed E-state index contributed by atoms with van der Waals surface area (Å²) in [6.07, 6.45) is 0. The normalized spacial score (nSPS) is 21.3. The summed E-state index contributed by atoms with van der Waals surface area (Å²) in [4.78, 5) is 5.87. The Labute approximate surface area is 135 Å². The van der Waals surface area contributed by atoms with Crippen LogP contribution in [0.15, 0.2) is 23.1 Å². The number of likely N-dealkylation sites (N-methyl/N-ethyl adjacent to an activating group) is 1. The first-order valence-corrected chi connectivity index (χ1v) is 8.55. The van der Waals surface area contributed by atoms with E-state index in [2.05, 4.69) is 16.8 Å². The summed E-state index contributed by atoms with van der Waals surface area (Å²) < 4.78 is 0. The summed E-state index contributed by atoms with van der Waals surface area (Å²) in [6.45, 7) is 5.00. The lowest BCUT2D eigenvalue weighted by molar-refractivity contribution is 0.101. The molecule has 1 aliphatic rings. The largest absolute Gasteiger partial charge is 0.329 e. The van der Waals surface area contributed by atoms with Crippen LogP contribution in [-0.4, -0.2) is 61.4 Å². The van der Waals surface area contributed by atoms with Gasteiger partial charge in [-0.25, -0.2) is 0 Å². The average Bonchev–Trinajstić information content (AvgIpc) is 2.44. The predicted molar refractivity (Wildman–Crippen MR) is 89.1 cm³/mol. The van der Waals surface area contributed by atoms with E-state index >= 15 is 0 Å². The Morgan fingerprint density at radius 3 is 2.90 bits per heavy atom. The van der Waals surface area contributed by atoms with Crippen LogP contribution < -0.4 is 5.73 Å². The SMILES string of the molecule is CN1CCN(CCSc2cc(Cl)ccc2Cl)C(CN)C1. The van der Waals surface area contributed by atoms with E-state index in [0.717, 1.165) is 46.9 Å². The van der Waals surface area contributed by atoms with Crippen LogP contribution in [0.3, 0.4) is 0 Å². The minimum atomic E-state index is 0.462. The maximum Gasteiger partial charge on any atom is 0.0542 e. The maximum atomic E-state index is 6.17. The molecule has 0 radical (unpaired) electrons. The quantitative estimate of drug-likeness (QED) is 0.839. The summed E-state index contributed by atoms with van der Waals surface area (Å²) in [5.41, 5.74) is 5.87. The van der Waals surface area contributed by atoms with Gasteiger partial charge in [0, 0.05) is 54.4 Å². The van der Waals surface area contributed by atoms with Gasteiger partial charge in [-0.3, -0.25) is 4.90 Å². The van der Waals surface area contributed by atoms with Crippen LogP contribution in [0, 0.1) is 0 Å². The van der Waals surface area contributed by atoms with Crippen LogP contribution in [0.1, 0.15) is 0 Å². The van der Waals surface area contributed by atoms with Crippen molar-refractivity contribution < 1.29 is 0 Å². The number of hydrogen-bond donors (Lipinski definition) is 1. The molecule has 112 valence electrons. The van der Waals surface area contributed by atoms with Crippen LogP contribution in [0.5, 0.6) is 0 Å². The van der Waals surface area contributed by atoms with E-state index < -0.39 is 0 Å². The van der Waals surface area contributed by atoms with Gasteiger partial charge >= 0.3 is 0 Å². The smallest absolute Gasteiger partial charge is 0.0542 e. The van der Waals surface area contributed by atoms with Gasteiger partial charge in [-0.15, -0.1) is 11.8 Å². The standard InChI is InChI=1S/C14H21Cl2N3S/c1-18-4-5-19(12(9-17)10-18)6-7-20-14-8-11(15)2-3-13(14)16/h2-3,8,12H,4-7,9-10,17H2,1H3. The molecule has 1 aliphatic heterocycles. The molecule has 0 amide bonds. The molecular formula is C14H21Cl2N3S. The monoisotopic (exact) mass is 333 g/mol. The van der Waals surface area contributed by atoms with Crippen LogP contribution in [0.25, 0.3) is 0 Å². The highest BCUT2D eigenvalue weighted by molar-refractivity contribution is 7.99. The first-order valence-electron chi connectivity index (χ1n) is 6.80. The highest BCUT2D eigenvalue weighted by Crippen LogP contribution is 2.29. The fraction of sp³-hybridized carbons (Fsp3) is 0.571. The van der Waals surface area contributed by atoms with Gasteiger partial charge in [0.25, 0.3) is 0 Å². The molecule has 20 heavy (non-hydrogen) atoms. The van der Waals surface area contributed by atoms with Crippen LogP contribution in [0.4, 0.5) is 0 Å². The maximum absolute atomic E-state index is 6.17. The zero-order valence-electron chi connectivity index (χ0n) is 11.7. The number of rotatable bonds is 5. The number of benzene rings is 1. The lowest BCUT2D eigenvalue weighted by Gasteiger charge is -2.39. The molecule has 3 nitrogen and oxygen atoms in total. The summed E-state index contributed by atoms with van der Waals surface area (Å²) in [6, 6.07) is 6.06. The molecule has 1 aromatic carbocycles. The second-order valence-corrected chi connectivity index (χ2v) is 7.09. The lowest BCUT2D eigenvalue weighted by atomic mass is 10.2. The molecular weight excluding hydrogens is 313 g/mol. The molecule has 0 aromatic heterocycles. The minimum absolute atomic E-state index is 0.462. The van der Waals surface area contributed by atoms with Crippen molar-refractivity contribution in [1.82, 2.24) is 9.80 Å². The number of halogens is 2. The van der Waals surface area contributed by atoms with Gasteiger partial charge in [-0.1, -0.05) is 23.2 Å². The summed E-state index contributed by atoms with van der Waals surface area (Å²) in [5.74, 6) is 1.00. The Morgan fingerprint density at radius 2 is 2.15 bits per heavy atom. The number of nitrogens with two attached hydrogens (primary N) is 1. The second kappa shape index (κ2) is 7.87. The first-order chi connectivity index (χ1) is 9.60. The van der Waals surface area contributed by atoms with Gasteiger partial charge in [0.2, 0.25) is 0 Å². The van der Waals surface area contributed by atoms with Gasteiger partial charge in [0.15, 0.2) is 0 Å². The van der Waals surface area contributed by atoms with Crippen LogP contribution >= 0.6 is 35.0 Å². The van der Waals surface area contributed by atoms with Crippen molar-refractivity contribution >= 4 is 35.0 Å². The predicted octanol–water partition coefficient (Wildman–Crippen LogP) is 2.66. The zero-order chi connectivity index (χ0) is 14.5. The van der Waals surface area contributed by atoms with Crippen molar-refractivity contribution in [1.29, 1.82) is 0 Å². The van der Waals surface area contributed by atoms with E-state index in [4.69, 9.17) is 28.9 Å². The Balaban J connectivity index is 1.84. The van der Waals surface area contributed by atoms with Crippen molar-refractivity contribution in [2.75, 3.05) is 45.5 Å². The molecule has 1 aromatic rings. The lowest BCUT2D eigenvalue weighted by Crippen LogP contribution is -2.55. The van der Waals surface area contributed by atoms with Crippen LogP contribution in [-0.2, 0) is 0 Å². The molecule has 1 atom stereocenters. The highest BCUT2D eigenvalue weighted by Gasteiger charge is 2.23. The fourth-order valence-electron chi connectivity index (χ4n) is 2.43. The van der Waals surface area contributed by atoms with Gasteiger partial charge in [-0.2, -0.15) is 0 Å². The highest BCUT2D eigenvalue weighted by atomic mass is 35.5. The Bertz CT molecular complexity index is 444. The molecule has 1 heterocycles. The second-order valence-electron chi connectivity index (χ2n) is 5.11. The number of hydrogen-bond acceptors (Lipinski definition) is 4. The van der Waals surface area contributed by atoms with E-state index in [1.165, 1.54) is 0 Å². The average molecular weight is 334 g/mol. The van der Waals surface area contributed by atoms with E-state index in [1.807, 2.05) is 18.2 Å². The third-order valence-corrected chi connectivity index (χ3v) is 5.32. The first kappa shape index (κ1) is 16.4. The molecule has 0 saturated carbocycles. The molecule has 1 unspecified atom stereocenters. The van der Waals surface area contributed by atoms with Gasteiger partial charge < -0.3 is 10.6 Å². The number of piperazine rings is 1. The third-order valence-electron chi connectivity index (χ3n) is 3.61. The van der Waals surface area contributed by atoms with E-state index in [1.54, 1.807) is 11.8 Å². The molecule has 1 saturated heterocycles. The van der Waals surface area contributed by atoms with Crippen molar-refractivity contribution in [3.05, 3.63) is 28.2 Å². The molecule has 0 bridgehead atoms. The van der Waals surface area contributed by atoms with E-state index in [-0.39, 0.29) is 0 Å². The molecule has 2 N–H and O–H groups in total. The van der Waals surface area contributed by atoms with Gasteiger partial charge in [0.05, 0.1) is 5.02 Å². The van der Waals surface area contributed by atoms with Crippen molar-refractivity contribution in [3.63, 3.8) is 0 Å². The summed E-state index contributed by atoms with van der Waals surface area (Å²) >= 11 is 13.9. The molecule has 2 rings (SSSR count). The molecule has 0 aliphatic carbocycles. The Hall–Kier alpha value is 0.0300. The summed E-state index contributed by atoms with van der Waals surface area (Å²) in [7, 11) is 2.15. The summed E-state index contributed by atoms with van der Waals surface area (Å²) in [5, 5.41) is 1.50. The topological polar surface area (TPSA) is 32.5 Å². The minimum Gasteiger partial charge on any atom is -0.329 e. The Kier molecular flexibility index (Phi) is 6.46. The van der Waals surface area contributed by atoms with Crippen LogP contribution in [0.2, 0.25) is 10.0 Å².